The molecule has 0 atom stereocenters. The Morgan fingerprint density at radius 3 is 2.70 bits per heavy atom. The molecule has 0 aliphatic rings. The first-order valence-electron chi connectivity index (χ1n) is 7.47. The Kier molecular flexibility index (Phi) is 4.79. The first kappa shape index (κ1) is 15.4. The number of nitrogens with zero attached hydrogens (tertiary/aromatic N) is 2. The fraction of sp³-hybridized carbons (Fsp3) is 0.105. The quantitative estimate of drug-likeness (QED) is 0.401. The second-order valence-electron chi connectivity index (χ2n) is 5.26. The van der Waals surface area contributed by atoms with Crippen LogP contribution in [0.15, 0.2) is 72.5 Å². The van der Waals surface area contributed by atoms with E-state index in [4.69, 9.17) is 11.6 Å². The number of hydrogen-bond donors (Lipinski definition) is 1. The van der Waals surface area contributed by atoms with Crippen LogP contribution in [-0.4, -0.2) is 10.8 Å². The van der Waals surface area contributed by atoms with Gasteiger partial charge in [0.2, 0.25) is 0 Å². The van der Waals surface area contributed by atoms with Crippen LogP contribution in [0, 0.1) is 0 Å². The molecule has 0 bridgehead atoms. The van der Waals surface area contributed by atoms with Gasteiger partial charge in [-0.1, -0.05) is 48.0 Å². The second-order valence-corrected chi connectivity index (χ2v) is 5.70. The third-order valence-electron chi connectivity index (χ3n) is 3.64. The summed E-state index contributed by atoms with van der Waals surface area (Å²) in [5.74, 6) is 0. The molecule has 23 heavy (non-hydrogen) atoms. The zero-order valence-electron chi connectivity index (χ0n) is 12.7. The molecule has 0 aliphatic heterocycles. The summed E-state index contributed by atoms with van der Waals surface area (Å²) >= 11 is 5.88. The van der Waals surface area contributed by atoms with E-state index in [1.165, 1.54) is 10.9 Å². The van der Waals surface area contributed by atoms with E-state index in [2.05, 4.69) is 40.0 Å². The summed E-state index contributed by atoms with van der Waals surface area (Å²) in [5.41, 5.74) is 6.49. The number of hydrazone groups is 1. The number of rotatable bonds is 6. The van der Waals surface area contributed by atoms with Crippen molar-refractivity contribution in [3.63, 3.8) is 0 Å². The van der Waals surface area contributed by atoms with Crippen LogP contribution in [0.3, 0.4) is 0 Å². The Bertz CT molecular complexity index is 831. The average Bonchev–Trinajstić information content (AvgIpc) is 2.92. The second kappa shape index (κ2) is 7.16. The van der Waals surface area contributed by atoms with Gasteiger partial charge in [-0.25, -0.2) is 0 Å². The van der Waals surface area contributed by atoms with Gasteiger partial charge in [-0.3, -0.25) is 0 Å². The lowest BCUT2D eigenvalue weighted by Gasteiger charge is -2.00. The van der Waals surface area contributed by atoms with Crippen molar-refractivity contribution in [2.45, 2.75) is 13.1 Å². The van der Waals surface area contributed by atoms with Gasteiger partial charge < -0.3 is 9.99 Å². The number of fused-ring (bicyclic) bond motifs is 1. The lowest BCUT2D eigenvalue weighted by molar-refractivity contribution is 0.748. The molecule has 3 aromatic rings. The standard InChI is InChI=1S/C19H18ClN3/c1-2-11-23-14-16(18-5-3-4-6-19(18)23)13-22-21-12-15-7-9-17(20)10-8-15/h2-10,13-14,21H,1,11-12H2/b22-13-. The zero-order chi connectivity index (χ0) is 16.1. The molecular formula is C19H18ClN3. The highest BCUT2D eigenvalue weighted by molar-refractivity contribution is 6.30. The van der Waals surface area contributed by atoms with E-state index in [-0.39, 0.29) is 0 Å². The van der Waals surface area contributed by atoms with Gasteiger partial charge >= 0.3 is 0 Å². The zero-order valence-corrected chi connectivity index (χ0v) is 13.5. The van der Waals surface area contributed by atoms with Gasteiger partial charge in [0, 0.05) is 34.2 Å². The van der Waals surface area contributed by atoms with Crippen LogP contribution < -0.4 is 5.43 Å². The van der Waals surface area contributed by atoms with Gasteiger partial charge in [0.25, 0.3) is 0 Å². The summed E-state index contributed by atoms with van der Waals surface area (Å²) < 4.78 is 2.17. The lowest BCUT2D eigenvalue weighted by atomic mass is 10.2. The van der Waals surface area contributed by atoms with Crippen molar-refractivity contribution in [2.75, 3.05) is 0 Å². The summed E-state index contributed by atoms with van der Waals surface area (Å²) in [6.07, 6.45) is 5.85. The van der Waals surface area contributed by atoms with E-state index in [1.807, 2.05) is 48.7 Å². The number of para-hydroxylation sites is 1. The molecule has 1 aromatic heterocycles. The van der Waals surface area contributed by atoms with Crippen LogP contribution in [0.1, 0.15) is 11.1 Å². The minimum absolute atomic E-state index is 0.666. The van der Waals surface area contributed by atoms with E-state index in [1.54, 1.807) is 0 Å². The fourth-order valence-corrected chi connectivity index (χ4v) is 2.65. The van der Waals surface area contributed by atoms with E-state index in [0.29, 0.717) is 6.54 Å². The van der Waals surface area contributed by atoms with Gasteiger partial charge in [0.05, 0.1) is 12.8 Å². The summed E-state index contributed by atoms with van der Waals surface area (Å²) in [6, 6.07) is 16.0. The molecule has 1 N–H and O–H groups in total. The molecule has 0 aliphatic carbocycles. The van der Waals surface area contributed by atoms with Crippen molar-refractivity contribution in [1.82, 2.24) is 9.99 Å². The molecule has 0 saturated carbocycles. The minimum atomic E-state index is 0.666. The van der Waals surface area contributed by atoms with Gasteiger partial charge in [-0.15, -0.1) is 6.58 Å². The Morgan fingerprint density at radius 2 is 1.91 bits per heavy atom. The van der Waals surface area contributed by atoms with E-state index in [9.17, 15) is 0 Å². The molecule has 4 heteroatoms. The SMILES string of the molecule is C=CCn1cc(/C=N\NCc2ccc(Cl)cc2)c2ccccc21. The number of nitrogens with one attached hydrogen (secondary N) is 1. The Balaban J connectivity index is 1.73. The summed E-state index contributed by atoms with van der Waals surface area (Å²) in [5, 5.41) is 6.27. The van der Waals surface area contributed by atoms with Crippen molar-refractivity contribution < 1.29 is 0 Å². The average molecular weight is 324 g/mol. The van der Waals surface area contributed by atoms with Crippen LogP contribution in [0.5, 0.6) is 0 Å². The van der Waals surface area contributed by atoms with Gasteiger partial charge in [0.1, 0.15) is 0 Å². The third kappa shape index (κ3) is 3.63. The van der Waals surface area contributed by atoms with Crippen LogP contribution in [0.25, 0.3) is 10.9 Å². The molecule has 0 fully saturated rings. The predicted octanol–water partition coefficient (Wildman–Crippen LogP) is 4.60. The molecule has 0 unspecified atom stereocenters. The van der Waals surface area contributed by atoms with Gasteiger partial charge in [0.15, 0.2) is 0 Å². The molecule has 1 heterocycles. The van der Waals surface area contributed by atoms with E-state index in [0.717, 1.165) is 22.7 Å². The molecule has 116 valence electrons. The third-order valence-corrected chi connectivity index (χ3v) is 3.89. The molecule has 0 spiro atoms. The van der Waals surface area contributed by atoms with Crippen LogP contribution in [0.4, 0.5) is 0 Å². The topological polar surface area (TPSA) is 29.3 Å². The van der Waals surface area contributed by atoms with Crippen molar-refractivity contribution in [1.29, 1.82) is 0 Å². The smallest absolute Gasteiger partial charge is 0.0580 e. The largest absolute Gasteiger partial charge is 0.343 e. The Labute approximate surface area is 140 Å². The van der Waals surface area contributed by atoms with Crippen molar-refractivity contribution >= 4 is 28.7 Å². The van der Waals surface area contributed by atoms with Crippen molar-refractivity contribution in [2.24, 2.45) is 5.10 Å². The van der Waals surface area contributed by atoms with E-state index >= 15 is 0 Å². The minimum Gasteiger partial charge on any atom is -0.343 e. The number of hydrogen-bond acceptors (Lipinski definition) is 2. The Morgan fingerprint density at radius 1 is 1.13 bits per heavy atom. The molecule has 0 saturated heterocycles. The first-order valence-corrected chi connectivity index (χ1v) is 7.85. The van der Waals surface area contributed by atoms with E-state index < -0.39 is 0 Å². The molecule has 3 rings (SSSR count). The lowest BCUT2D eigenvalue weighted by Crippen LogP contribution is -2.05. The van der Waals surface area contributed by atoms with Gasteiger partial charge in [-0.2, -0.15) is 5.10 Å². The number of benzene rings is 2. The van der Waals surface area contributed by atoms with Crippen LogP contribution in [0.2, 0.25) is 5.02 Å². The summed E-state index contributed by atoms with van der Waals surface area (Å²) in [6.45, 7) is 5.26. The Hall–Kier alpha value is -2.52. The highest BCUT2D eigenvalue weighted by Gasteiger charge is 2.04. The molecule has 2 aromatic carbocycles. The molecular weight excluding hydrogens is 306 g/mol. The maximum atomic E-state index is 5.88. The molecule has 0 amide bonds. The highest BCUT2D eigenvalue weighted by Crippen LogP contribution is 2.20. The highest BCUT2D eigenvalue weighted by atomic mass is 35.5. The monoisotopic (exact) mass is 323 g/mol. The number of halogens is 1. The van der Waals surface area contributed by atoms with Crippen LogP contribution >= 0.6 is 11.6 Å². The van der Waals surface area contributed by atoms with Crippen molar-refractivity contribution in [3.8, 4) is 0 Å². The predicted molar refractivity (Wildman–Crippen MR) is 98.0 cm³/mol. The maximum Gasteiger partial charge on any atom is 0.0580 e. The normalized spacial score (nSPS) is 11.2. The molecule has 0 radical (unpaired) electrons. The van der Waals surface area contributed by atoms with Gasteiger partial charge in [-0.05, 0) is 23.8 Å². The first-order chi connectivity index (χ1) is 11.3. The molecule has 3 nitrogen and oxygen atoms in total. The van der Waals surface area contributed by atoms with Crippen molar-refractivity contribution in [3.05, 3.63) is 83.5 Å². The fourth-order valence-electron chi connectivity index (χ4n) is 2.52. The maximum absolute atomic E-state index is 5.88. The van der Waals surface area contributed by atoms with Crippen LogP contribution in [-0.2, 0) is 13.1 Å². The summed E-state index contributed by atoms with van der Waals surface area (Å²) in [4.78, 5) is 0. The number of aromatic nitrogens is 1. The number of allylic oxidation sites excluding steroid dienone is 1. The summed E-state index contributed by atoms with van der Waals surface area (Å²) in [7, 11) is 0.